The third kappa shape index (κ3) is 28.2. The summed E-state index contributed by atoms with van der Waals surface area (Å²) in [7, 11) is 4.37. The Labute approximate surface area is 437 Å². The van der Waals surface area contributed by atoms with Crippen LogP contribution in [0.3, 0.4) is 0 Å². The summed E-state index contributed by atoms with van der Waals surface area (Å²) in [4.78, 5) is 78.0. The van der Waals surface area contributed by atoms with Crippen molar-refractivity contribution in [3.63, 3.8) is 0 Å². The van der Waals surface area contributed by atoms with Gasteiger partial charge in [-0.1, -0.05) is 158 Å². The zero-order valence-corrected chi connectivity index (χ0v) is 48.0. The molecule has 14 nitrogen and oxygen atoms in total. The molecule has 1 aliphatic heterocycles. The number of carbonyl (C=O) groups excluding carboxylic acids is 6. The third-order valence-electron chi connectivity index (χ3n) is 11.3. The van der Waals surface area contributed by atoms with Crippen LogP contribution < -0.4 is 26.0 Å². The Kier molecular flexibility index (Phi) is 39.6. The van der Waals surface area contributed by atoms with Crippen LogP contribution in [-0.2, 0) is 39.9 Å². The van der Waals surface area contributed by atoms with Crippen molar-refractivity contribution in [1.82, 2.24) is 26.2 Å². The van der Waals surface area contributed by atoms with Crippen LogP contribution >= 0.6 is 0 Å². The second kappa shape index (κ2) is 41.3. The van der Waals surface area contributed by atoms with Crippen molar-refractivity contribution in [3.05, 3.63) is 53.1 Å². The molecule has 1 aliphatic carbocycles. The van der Waals surface area contributed by atoms with Gasteiger partial charge in [-0.2, -0.15) is 0 Å². The van der Waals surface area contributed by atoms with E-state index in [0.29, 0.717) is 30.2 Å². The standard InChI is InChI=1S/C41H58N4O7.C9H19NO2.4C2H6/c1-5-6-7-8-9-10-11-12-13-14-15-16-36(46)42-27-38(48)45(2)39-30-20-21-31(29-18-19-29)32(25-30)33-23-28(17-22-35(33)51-3)24-34(41(50)52-4)44-37(47)26-43-40(39)49;1-5-6-7-10-8(11)12-9(2,3)4;4*1-2/h17,20-23,25,29,34,39H,5-16,18-19,24,26-27H2,1-4H3,(H,42,46)(H,43,49)(H,44,47);5-7H2,1-4H3,(H,10,11);4*1-2H3. The van der Waals surface area contributed by atoms with Crippen molar-refractivity contribution >= 4 is 35.7 Å². The number of rotatable bonds is 21. The van der Waals surface area contributed by atoms with E-state index in [0.717, 1.165) is 67.2 Å². The molecule has 4 rings (SSSR count). The molecule has 2 unspecified atom stereocenters. The molecule has 72 heavy (non-hydrogen) atoms. The number of likely N-dealkylation sites (N-methyl/N-ethyl adjacent to an activating group) is 1. The first-order valence-electron chi connectivity index (χ1n) is 27.6. The van der Waals surface area contributed by atoms with Gasteiger partial charge in [0.05, 0.1) is 27.3 Å². The smallest absolute Gasteiger partial charge is 0.407 e. The van der Waals surface area contributed by atoms with E-state index in [1.54, 1.807) is 7.11 Å². The summed E-state index contributed by atoms with van der Waals surface area (Å²) in [6, 6.07) is 9.29. The van der Waals surface area contributed by atoms with E-state index in [1.807, 2.05) is 113 Å². The molecule has 0 aromatic heterocycles. The maximum Gasteiger partial charge on any atom is 0.407 e. The number of methoxy groups -OCH3 is 2. The van der Waals surface area contributed by atoms with Gasteiger partial charge in [0.2, 0.25) is 23.6 Å². The number of alkyl carbamates (subject to hydrolysis) is 1. The normalized spacial score (nSPS) is 14.7. The van der Waals surface area contributed by atoms with Crippen molar-refractivity contribution in [3.8, 4) is 16.9 Å². The van der Waals surface area contributed by atoms with Gasteiger partial charge in [0, 0.05) is 32.0 Å². The van der Waals surface area contributed by atoms with E-state index in [1.165, 1.54) is 70.4 Å². The molecule has 2 aliphatic rings. The van der Waals surface area contributed by atoms with E-state index in [-0.39, 0.29) is 25.0 Å². The highest BCUT2D eigenvalue weighted by molar-refractivity contribution is 5.94. The molecule has 0 spiro atoms. The first-order valence-corrected chi connectivity index (χ1v) is 27.6. The highest BCUT2D eigenvalue weighted by atomic mass is 16.6. The van der Waals surface area contributed by atoms with E-state index in [9.17, 15) is 28.8 Å². The van der Waals surface area contributed by atoms with E-state index < -0.39 is 47.9 Å². The van der Waals surface area contributed by atoms with Gasteiger partial charge in [0.1, 0.15) is 23.4 Å². The topological polar surface area (TPSA) is 181 Å². The highest BCUT2D eigenvalue weighted by Crippen LogP contribution is 2.47. The number of hydrogen-bond donors (Lipinski definition) is 4. The first kappa shape index (κ1) is 68.9. The molecular formula is C58H101N5O9. The predicted molar refractivity (Wildman–Crippen MR) is 295 cm³/mol. The summed E-state index contributed by atoms with van der Waals surface area (Å²) in [6.45, 7) is 25.9. The van der Waals surface area contributed by atoms with Crippen molar-refractivity contribution < 1.29 is 43.0 Å². The van der Waals surface area contributed by atoms with E-state index in [4.69, 9.17) is 14.2 Å². The number of nitrogens with one attached hydrogen (secondary N) is 4. The van der Waals surface area contributed by atoms with Crippen LogP contribution in [0.2, 0.25) is 0 Å². The predicted octanol–water partition coefficient (Wildman–Crippen LogP) is 12.3. The third-order valence-corrected chi connectivity index (χ3v) is 11.3. The number of fused-ring (bicyclic) bond motifs is 5. The Balaban J connectivity index is 0. The molecule has 14 heteroatoms. The number of amides is 5. The number of unbranched alkanes of at least 4 members (excludes halogenated alkanes) is 11. The molecule has 2 aromatic rings. The highest BCUT2D eigenvalue weighted by Gasteiger charge is 2.33. The van der Waals surface area contributed by atoms with Gasteiger partial charge in [0.15, 0.2) is 0 Å². The minimum absolute atomic E-state index is 0.173. The molecule has 0 saturated heterocycles. The summed E-state index contributed by atoms with van der Waals surface area (Å²) >= 11 is 0. The molecule has 1 heterocycles. The van der Waals surface area contributed by atoms with Crippen LogP contribution in [-0.4, -0.2) is 93.1 Å². The minimum atomic E-state index is -1.11. The lowest BCUT2D eigenvalue weighted by Gasteiger charge is -2.29. The number of esters is 1. The monoisotopic (exact) mass is 1010 g/mol. The van der Waals surface area contributed by atoms with Crippen molar-refractivity contribution in [1.29, 1.82) is 0 Å². The molecule has 4 N–H and O–H groups in total. The average molecular weight is 1010 g/mol. The SMILES string of the molecule is CC.CC.CC.CC.CCCCCCCCCCCCCC(=O)NCC(=O)N(C)C1C(=O)NCC(=O)NC(C(=O)OC)Cc2ccc(OC)c(c2)-c2cc1ccc2C1CC1.CCCCNC(=O)OC(C)(C)C. The number of benzene rings is 2. The number of nitrogens with zero attached hydrogens (tertiary/aromatic N) is 1. The number of hydrogen-bond acceptors (Lipinski definition) is 9. The Morgan fingerprint density at radius 2 is 1.29 bits per heavy atom. The largest absolute Gasteiger partial charge is 0.496 e. The van der Waals surface area contributed by atoms with Crippen molar-refractivity contribution in [2.24, 2.45) is 0 Å². The van der Waals surface area contributed by atoms with Crippen molar-refractivity contribution in [2.45, 2.75) is 223 Å². The second-order valence-corrected chi connectivity index (χ2v) is 18.0. The fraction of sp³-hybridized carbons (Fsp3) is 0.690. The van der Waals surface area contributed by atoms with Crippen LogP contribution in [0.4, 0.5) is 4.79 Å². The zero-order chi connectivity index (χ0) is 55.1. The fourth-order valence-corrected chi connectivity index (χ4v) is 7.61. The molecule has 1 fully saturated rings. The Morgan fingerprint density at radius 1 is 0.722 bits per heavy atom. The van der Waals surface area contributed by atoms with Crippen LogP contribution in [0.25, 0.3) is 11.1 Å². The maximum absolute atomic E-state index is 13.9. The summed E-state index contributed by atoms with van der Waals surface area (Å²) in [5.41, 5.74) is 3.69. The van der Waals surface area contributed by atoms with Crippen LogP contribution in [0, 0.1) is 0 Å². The van der Waals surface area contributed by atoms with Gasteiger partial charge in [-0.3, -0.25) is 19.2 Å². The summed E-state index contributed by atoms with van der Waals surface area (Å²) < 4.78 is 15.8. The number of carbonyl (C=O) groups is 6. The molecular weight excluding hydrogens is 911 g/mol. The summed E-state index contributed by atoms with van der Waals surface area (Å²) in [5.74, 6) is -1.46. The molecule has 0 radical (unpaired) electrons. The quantitative estimate of drug-likeness (QED) is 0.0699. The molecule has 412 valence electrons. The van der Waals surface area contributed by atoms with E-state index in [2.05, 4.69) is 35.1 Å². The first-order chi connectivity index (χ1) is 34.6. The molecule has 2 atom stereocenters. The molecule has 1 saturated carbocycles. The zero-order valence-electron chi connectivity index (χ0n) is 48.0. The van der Waals surface area contributed by atoms with Crippen LogP contribution in [0.1, 0.15) is 221 Å². The lowest BCUT2D eigenvalue weighted by Crippen LogP contribution is -2.49. The Morgan fingerprint density at radius 3 is 1.82 bits per heavy atom. The lowest BCUT2D eigenvalue weighted by molar-refractivity contribution is -0.145. The molecule has 2 aromatic carbocycles. The molecule has 5 amide bonds. The number of ether oxygens (including phenoxy) is 3. The Hall–Kier alpha value is -5.14. The van der Waals surface area contributed by atoms with Gasteiger partial charge in [-0.15, -0.1) is 0 Å². The summed E-state index contributed by atoms with van der Waals surface area (Å²) in [6.07, 6.45) is 17.4. The second-order valence-electron chi connectivity index (χ2n) is 18.0. The lowest BCUT2D eigenvalue weighted by atomic mass is 9.90. The van der Waals surface area contributed by atoms with Gasteiger partial charge >= 0.3 is 12.1 Å². The van der Waals surface area contributed by atoms with Crippen molar-refractivity contribution in [2.75, 3.05) is 40.9 Å². The van der Waals surface area contributed by atoms with Gasteiger partial charge in [0.25, 0.3) is 0 Å². The minimum Gasteiger partial charge on any atom is -0.496 e. The van der Waals surface area contributed by atoms with Gasteiger partial charge in [-0.05, 0) is 92.8 Å². The summed E-state index contributed by atoms with van der Waals surface area (Å²) in [5, 5.41) is 10.8. The van der Waals surface area contributed by atoms with E-state index >= 15 is 0 Å². The van der Waals surface area contributed by atoms with Crippen LogP contribution in [0.5, 0.6) is 5.75 Å². The maximum atomic E-state index is 13.9. The van der Waals surface area contributed by atoms with Crippen LogP contribution in [0.15, 0.2) is 36.4 Å². The van der Waals surface area contributed by atoms with Gasteiger partial charge in [-0.25, -0.2) is 9.59 Å². The Bertz CT molecular complexity index is 1830. The fourth-order valence-electron chi connectivity index (χ4n) is 7.61. The average Bonchev–Trinajstić information content (AvgIpc) is 4.24. The van der Waals surface area contributed by atoms with Gasteiger partial charge < -0.3 is 40.4 Å². The molecule has 4 bridgehead atoms.